The summed E-state index contributed by atoms with van der Waals surface area (Å²) in [4.78, 5) is 17.4. The highest BCUT2D eigenvalue weighted by atomic mass is 16.6. The van der Waals surface area contributed by atoms with Gasteiger partial charge in [0.15, 0.2) is 0 Å². The molecular formula is C28H31N3O3. The Morgan fingerprint density at radius 2 is 1.76 bits per heavy atom. The van der Waals surface area contributed by atoms with Gasteiger partial charge in [0.2, 0.25) is 0 Å². The predicted octanol–water partition coefficient (Wildman–Crippen LogP) is 5.14. The molecule has 0 aromatic heterocycles. The van der Waals surface area contributed by atoms with Crippen molar-refractivity contribution in [1.82, 2.24) is 10.2 Å². The van der Waals surface area contributed by atoms with Gasteiger partial charge in [-0.15, -0.1) is 0 Å². The largest absolute Gasteiger partial charge is 0.491 e. The van der Waals surface area contributed by atoms with E-state index in [2.05, 4.69) is 52.5 Å². The molecule has 5 rings (SSSR count). The topological polar surface area (TPSA) is 54.0 Å². The third-order valence-electron chi connectivity index (χ3n) is 6.51. The van der Waals surface area contributed by atoms with Crippen LogP contribution in [0.25, 0.3) is 0 Å². The Hall–Kier alpha value is -3.51. The Morgan fingerprint density at radius 1 is 1.00 bits per heavy atom. The molecule has 0 bridgehead atoms. The van der Waals surface area contributed by atoms with Crippen molar-refractivity contribution in [2.75, 3.05) is 25.1 Å². The molecular weight excluding hydrogens is 426 g/mol. The summed E-state index contributed by atoms with van der Waals surface area (Å²) in [6.45, 7) is 5.99. The summed E-state index contributed by atoms with van der Waals surface area (Å²) >= 11 is 0. The maximum absolute atomic E-state index is 12.6. The zero-order chi connectivity index (χ0) is 23.7. The average Bonchev–Trinajstić information content (AvgIpc) is 2.83. The van der Waals surface area contributed by atoms with Gasteiger partial charge in [0.1, 0.15) is 24.3 Å². The monoisotopic (exact) mass is 457 g/mol. The molecule has 2 aliphatic rings. The van der Waals surface area contributed by atoms with E-state index >= 15 is 0 Å². The Balaban J connectivity index is 1.25. The Morgan fingerprint density at radius 3 is 2.59 bits per heavy atom. The van der Waals surface area contributed by atoms with Crippen LogP contribution in [0.4, 0.5) is 10.5 Å². The van der Waals surface area contributed by atoms with E-state index in [4.69, 9.17) is 9.47 Å². The number of hydrogen-bond donors (Lipinski definition) is 1. The summed E-state index contributed by atoms with van der Waals surface area (Å²) in [5, 5.41) is 2.91. The third kappa shape index (κ3) is 4.59. The molecule has 34 heavy (non-hydrogen) atoms. The molecule has 1 unspecified atom stereocenters. The highest BCUT2D eigenvalue weighted by Crippen LogP contribution is 2.42. The zero-order valence-corrected chi connectivity index (χ0v) is 20.0. The summed E-state index contributed by atoms with van der Waals surface area (Å²) in [7, 11) is 2.14. The third-order valence-corrected chi connectivity index (χ3v) is 6.51. The number of carbonyl (C=O) groups excluding carboxylic acids is 1. The molecule has 1 N–H and O–H groups in total. The first-order chi connectivity index (χ1) is 16.4. The molecule has 6 heteroatoms. The van der Waals surface area contributed by atoms with E-state index in [1.807, 2.05) is 56.3 Å². The number of amides is 1. The smallest absolute Gasteiger partial charge is 0.413 e. The molecule has 0 saturated carbocycles. The number of benzene rings is 3. The molecule has 0 aliphatic carbocycles. The average molecular weight is 458 g/mol. The van der Waals surface area contributed by atoms with E-state index in [1.165, 1.54) is 16.8 Å². The zero-order valence-electron chi connectivity index (χ0n) is 20.0. The number of para-hydroxylation sites is 1. The molecule has 1 atom stereocenters. The number of anilines is 1. The van der Waals surface area contributed by atoms with Gasteiger partial charge in [0, 0.05) is 25.8 Å². The number of carbonyl (C=O) groups is 1. The summed E-state index contributed by atoms with van der Waals surface area (Å²) in [5.74, 6) is 1.31. The van der Waals surface area contributed by atoms with Gasteiger partial charge in [0.05, 0.1) is 5.54 Å². The molecule has 0 saturated heterocycles. The van der Waals surface area contributed by atoms with Crippen molar-refractivity contribution < 1.29 is 14.3 Å². The van der Waals surface area contributed by atoms with Crippen molar-refractivity contribution >= 4 is 11.8 Å². The summed E-state index contributed by atoms with van der Waals surface area (Å²) in [6, 6.07) is 24.2. The standard InChI is InChI=1S/C28H31N3O3/c1-28(2,19-33-22-10-5-4-6-11-22)29-27(32)34-23-13-14-25-21(17-23)18-31-16-15-20-9-7-8-12-24(20)26(31)30(25)3/h4-14,17,26H,15-16,18-19H2,1-3H3,(H,29,32). The first kappa shape index (κ1) is 22.3. The van der Waals surface area contributed by atoms with Crippen molar-refractivity contribution in [3.63, 3.8) is 0 Å². The molecule has 3 aromatic rings. The van der Waals surface area contributed by atoms with Gasteiger partial charge in [-0.1, -0.05) is 42.5 Å². The van der Waals surface area contributed by atoms with Crippen molar-refractivity contribution in [2.24, 2.45) is 0 Å². The molecule has 0 spiro atoms. The molecule has 2 heterocycles. The van der Waals surface area contributed by atoms with E-state index in [1.54, 1.807) is 0 Å². The Labute approximate surface area is 201 Å². The quantitative estimate of drug-likeness (QED) is 0.575. The lowest BCUT2D eigenvalue weighted by Crippen LogP contribution is -2.49. The van der Waals surface area contributed by atoms with Gasteiger partial charge in [-0.2, -0.15) is 0 Å². The van der Waals surface area contributed by atoms with Crippen LogP contribution in [-0.2, 0) is 13.0 Å². The van der Waals surface area contributed by atoms with Crippen LogP contribution in [-0.4, -0.2) is 36.7 Å². The normalized spacial score (nSPS) is 17.3. The maximum atomic E-state index is 12.6. The van der Waals surface area contributed by atoms with Crippen LogP contribution in [0.5, 0.6) is 11.5 Å². The fourth-order valence-electron chi connectivity index (χ4n) is 4.89. The SMILES string of the molecule is CN1c2ccc(OC(=O)NC(C)(C)COc3ccccc3)cc2CN2CCc3ccccc3C21. The first-order valence-corrected chi connectivity index (χ1v) is 11.8. The molecule has 2 aliphatic heterocycles. The van der Waals surface area contributed by atoms with E-state index in [0.29, 0.717) is 12.4 Å². The van der Waals surface area contributed by atoms with Gasteiger partial charge in [-0.05, 0) is 67.3 Å². The number of ether oxygens (including phenoxy) is 2. The number of nitrogens with one attached hydrogen (secondary N) is 1. The second-order valence-corrected chi connectivity index (χ2v) is 9.69. The summed E-state index contributed by atoms with van der Waals surface area (Å²) in [6.07, 6.45) is 0.794. The van der Waals surface area contributed by atoms with Crippen molar-refractivity contribution in [3.05, 3.63) is 89.5 Å². The number of fused-ring (bicyclic) bond motifs is 4. The fraction of sp³-hybridized carbons (Fsp3) is 0.321. The molecule has 3 aromatic carbocycles. The van der Waals surface area contributed by atoms with Crippen LogP contribution in [0.1, 0.15) is 36.7 Å². The maximum Gasteiger partial charge on any atom is 0.413 e. The van der Waals surface area contributed by atoms with Gasteiger partial charge in [0.25, 0.3) is 0 Å². The molecule has 1 amide bonds. The van der Waals surface area contributed by atoms with Gasteiger partial charge < -0.3 is 19.7 Å². The lowest BCUT2D eigenvalue weighted by molar-refractivity contribution is 0.162. The molecule has 0 fully saturated rings. The predicted molar refractivity (Wildman–Crippen MR) is 133 cm³/mol. The summed E-state index contributed by atoms with van der Waals surface area (Å²) in [5.41, 5.74) is 4.55. The number of rotatable bonds is 5. The number of nitrogens with zero attached hydrogens (tertiary/aromatic N) is 2. The highest BCUT2D eigenvalue weighted by Gasteiger charge is 2.35. The van der Waals surface area contributed by atoms with Crippen LogP contribution in [0, 0.1) is 0 Å². The molecule has 176 valence electrons. The van der Waals surface area contributed by atoms with Crippen LogP contribution in [0.2, 0.25) is 0 Å². The minimum Gasteiger partial charge on any atom is -0.491 e. The second-order valence-electron chi connectivity index (χ2n) is 9.69. The lowest BCUT2D eigenvalue weighted by Gasteiger charge is -2.47. The van der Waals surface area contributed by atoms with Crippen LogP contribution >= 0.6 is 0 Å². The first-order valence-electron chi connectivity index (χ1n) is 11.8. The van der Waals surface area contributed by atoms with Gasteiger partial charge in [-0.25, -0.2) is 4.79 Å². The van der Waals surface area contributed by atoms with Crippen LogP contribution < -0.4 is 19.7 Å². The van der Waals surface area contributed by atoms with Crippen molar-refractivity contribution in [3.8, 4) is 11.5 Å². The highest BCUT2D eigenvalue weighted by molar-refractivity contribution is 5.72. The van der Waals surface area contributed by atoms with Gasteiger partial charge >= 0.3 is 6.09 Å². The second kappa shape index (κ2) is 9.03. The molecule has 0 radical (unpaired) electrons. The van der Waals surface area contributed by atoms with Crippen molar-refractivity contribution in [1.29, 1.82) is 0 Å². The lowest BCUT2D eigenvalue weighted by atomic mass is 9.93. The van der Waals surface area contributed by atoms with Gasteiger partial charge in [-0.3, -0.25) is 4.90 Å². The van der Waals surface area contributed by atoms with E-state index in [-0.39, 0.29) is 6.17 Å². The summed E-state index contributed by atoms with van der Waals surface area (Å²) < 4.78 is 11.5. The number of hydrogen-bond acceptors (Lipinski definition) is 5. The van der Waals surface area contributed by atoms with E-state index < -0.39 is 11.6 Å². The van der Waals surface area contributed by atoms with E-state index in [9.17, 15) is 4.79 Å². The van der Waals surface area contributed by atoms with E-state index in [0.717, 1.165) is 30.8 Å². The van der Waals surface area contributed by atoms with Crippen LogP contribution in [0.3, 0.4) is 0 Å². The minimum absolute atomic E-state index is 0.234. The van der Waals surface area contributed by atoms with Crippen LogP contribution in [0.15, 0.2) is 72.8 Å². The molecule has 6 nitrogen and oxygen atoms in total. The fourth-order valence-corrected chi connectivity index (χ4v) is 4.89. The minimum atomic E-state index is -0.588. The Kier molecular flexibility index (Phi) is 5.92. The van der Waals surface area contributed by atoms with Crippen molar-refractivity contribution in [2.45, 2.75) is 38.5 Å². The Bertz CT molecular complexity index is 1180.